The number of hydrogen-bond acceptors (Lipinski definition) is 4. The third kappa shape index (κ3) is 5.93. The van der Waals surface area contributed by atoms with E-state index in [4.69, 9.17) is 11.6 Å². The lowest BCUT2D eigenvalue weighted by molar-refractivity contribution is -0.134. The van der Waals surface area contributed by atoms with Crippen LogP contribution in [0.4, 0.5) is 0 Å². The van der Waals surface area contributed by atoms with Crippen molar-refractivity contribution in [3.05, 3.63) is 34.9 Å². The first kappa shape index (κ1) is 21.1. The Balaban J connectivity index is 1.39. The molecule has 6 nitrogen and oxygen atoms in total. The number of amides is 2. The van der Waals surface area contributed by atoms with Crippen molar-refractivity contribution in [2.45, 2.75) is 38.8 Å². The summed E-state index contributed by atoms with van der Waals surface area (Å²) in [6.07, 6.45) is 3.49. The highest BCUT2D eigenvalue weighted by Crippen LogP contribution is 2.12. The molecule has 2 aliphatic heterocycles. The van der Waals surface area contributed by atoms with E-state index in [-0.39, 0.29) is 17.9 Å². The molecule has 0 bridgehead atoms. The predicted octanol–water partition coefficient (Wildman–Crippen LogP) is 1.97. The molecule has 154 valence electrons. The van der Waals surface area contributed by atoms with Crippen LogP contribution in [0, 0.1) is 0 Å². The molecule has 0 saturated carbocycles. The molecule has 7 heteroatoms. The number of hydrogen-bond donors (Lipinski definition) is 1. The van der Waals surface area contributed by atoms with Crippen molar-refractivity contribution >= 4 is 23.4 Å². The number of nitrogens with one attached hydrogen (secondary N) is 1. The lowest BCUT2D eigenvalue weighted by atomic mass is 10.1. The van der Waals surface area contributed by atoms with Gasteiger partial charge in [-0.25, -0.2) is 0 Å². The maximum Gasteiger partial charge on any atom is 0.237 e. The minimum atomic E-state index is -0.174. The molecular formula is C21H31ClN4O2. The number of carbonyl (C=O) groups is 2. The molecule has 0 aromatic heterocycles. The van der Waals surface area contributed by atoms with E-state index >= 15 is 0 Å². The SMILES string of the molecule is C[C@H](C(=O)NCc1ccc(Cl)cc1)N1CCN(CC(=O)N2CCCCC2)CC1. The van der Waals surface area contributed by atoms with Gasteiger partial charge in [-0.05, 0) is 43.9 Å². The van der Waals surface area contributed by atoms with E-state index in [9.17, 15) is 9.59 Å². The van der Waals surface area contributed by atoms with E-state index in [1.165, 1.54) is 6.42 Å². The van der Waals surface area contributed by atoms with Crippen molar-refractivity contribution in [3.8, 4) is 0 Å². The van der Waals surface area contributed by atoms with Crippen molar-refractivity contribution < 1.29 is 9.59 Å². The molecule has 2 heterocycles. The maximum absolute atomic E-state index is 12.5. The van der Waals surface area contributed by atoms with E-state index in [0.717, 1.165) is 57.7 Å². The number of halogens is 1. The lowest BCUT2D eigenvalue weighted by Crippen LogP contribution is -2.55. The third-order valence-electron chi connectivity index (χ3n) is 5.78. The van der Waals surface area contributed by atoms with Gasteiger partial charge in [0.05, 0.1) is 12.6 Å². The van der Waals surface area contributed by atoms with Crippen LogP contribution in [-0.2, 0) is 16.1 Å². The number of piperidine rings is 1. The highest BCUT2D eigenvalue weighted by atomic mass is 35.5. The monoisotopic (exact) mass is 406 g/mol. The first-order valence-corrected chi connectivity index (χ1v) is 10.7. The Kier molecular flexibility index (Phi) is 7.71. The standard InChI is InChI=1S/C21H31ClN4O2/c1-17(21(28)23-15-18-5-7-19(22)8-6-18)25-13-11-24(12-14-25)16-20(27)26-9-3-2-4-10-26/h5-8,17H,2-4,9-16H2,1H3,(H,23,28)/t17-/m1/s1. The van der Waals surface area contributed by atoms with Gasteiger partial charge in [0.25, 0.3) is 0 Å². The number of likely N-dealkylation sites (tertiary alicyclic amines) is 1. The zero-order chi connectivity index (χ0) is 19.9. The zero-order valence-electron chi connectivity index (χ0n) is 16.7. The van der Waals surface area contributed by atoms with Gasteiger partial charge in [-0.3, -0.25) is 19.4 Å². The zero-order valence-corrected chi connectivity index (χ0v) is 17.5. The summed E-state index contributed by atoms with van der Waals surface area (Å²) >= 11 is 5.89. The summed E-state index contributed by atoms with van der Waals surface area (Å²) in [6, 6.07) is 7.33. The van der Waals surface area contributed by atoms with Crippen LogP contribution in [-0.4, -0.2) is 78.4 Å². The average Bonchev–Trinajstić information content (AvgIpc) is 2.73. The van der Waals surface area contributed by atoms with Gasteiger partial charge in [-0.15, -0.1) is 0 Å². The Morgan fingerprint density at radius 2 is 1.64 bits per heavy atom. The molecule has 2 saturated heterocycles. The van der Waals surface area contributed by atoms with Crippen molar-refractivity contribution in [3.63, 3.8) is 0 Å². The second kappa shape index (κ2) is 10.2. The summed E-state index contributed by atoms with van der Waals surface area (Å²) in [5, 5.41) is 3.70. The van der Waals surface area contributed by atoms with Crippen LogP contribution in [0.3, 0.4) is 0 Å². The fraction of sp³-hybridized carbons (Fsp3) is 0.619. The lowest BCUT2D eigenvalue weighted by Gasteiger charge is -2.38. The average molecular weight is 407 g/mol. The van der Waals surface area contributed by atoms with Crippen molar-refractivity contribution in [2.24, 2.45) is 0 Å². The molecule has 0 aliphatic carbocycles. The number of carbonyl (C=O) groups excluding carboxylic acids is 2. The van der Waals surface area contributed by atoms with Gasteiger partial charge in [0.2, 0.25) is 11.8 Å². The van der Waals surface area contributed by atoms with E-state index in [1.54, 1.807) is 0 Å². The second-order valence-corrected chi connectivity index (χ2v) is 8.21. The fourth-order valence-corrected chi connectivity index (χ4v) is 3.97. The molecule has 0 unspecified atom stereocenters. The third-order valence-corrected chi connectivity index (χ3v) is 6.03. The first-order valence-electron chi connectivity index (χ1n) is 10.3. The quantitative estimate of drug-likeness (QED) is 0.784. The Morgan fingerprint density at radius 3 is 2.29 bits per heavy atom. The molecule has 1 aromatic carbocycles. The predicted molar refractivity (Wildman–Crippen MR) is 111 cm³/mol. The van der Waals surface area contributed by atoms with E-state index in [1.807, 2.05) is 36.1 Å². The van der Waals surface area contributed by atoms with Crippen LogP contribution in [0.2, 0.25) is 5.02 Å². The molecule has 1 atom stereocenters. The molecule has 0 radical (unpaired) electrons. The van der Waals surface area contributed by atoms with Gasteiger partial charge < -0.3 is 10.2 Å². The van der Waals surface area contributed by atoms with Gasteiger partial charge in [-0.1, -0.05) is 23.7 Å². The number of rotatable bonds is 6. The van der Waals surface area contributed by atoms with Crippen LogP contribution in [0.1, 0.15) is 31.7 Å². The van der Waals surface area contributed by atoms with Crippen LogP contribution >= 0.6 is 11.6 Å². The van der Waals surface area contributed by atoms with E-state index in [2.05, 4.69) is 15.1 Å². The summed E-state index contributed by atoms with van der Waals surface area (Å²) in [5.74, 6) is 0.287. The van der Waals surface area contributed by atoms with Crippen molar-refractivity contribution in [2.75, 3.05) is 45.8 Å². The van der Waals surface area contributed by atoms with E-state index in [0.29, 0.717) is 18.1 Å². The summed E-state index contributed by atoms with van der Waals surface area (Å²) in [7, 11) is 0. The molecule has 2 fully saturated rings. The molecule has 0 spiro atoms. The number of benzene rings is 1. The first-order chi connectivity index (χ1) is 13.5. The normalized spacial score (nSPS) is 20.0. The smallest absolute Gasteiger partial charge is 0.237 e. The van der Waals surface area contributed by atoms with Crippen molar-refractivity contribution in [1.82, 2.24) is 20.0 Å². The Bertz CT molecular complexity index is 653. The molecule has 1 N–H and O–H groups in total. The number of nitrogens with zero attached hydrogens (tertiary/aromatic N) is 3. The van der Waals surface area contributed by atoms with Crippen molar-refractivity contribution in [1.29, 1.82) is 0 Å². The summed E-state index contributed by atoms with van der Waals surface area (Å²) in [5.41, 5.74) is 1.03. The van der Waals surface area contributed by atoms with E-state index < -0.39 is 0 Å². The second-order valence-electron chi connectivity index (χ2n) is 7.77. The minimum absolute atomic E-state index is 0.0350. The maximum atomic E-state index is 12.5. The van der Waals surface area contributed by atoms with Gasteiger partial charge in [-0.2, -0.15) is 0 Å². The molecule has 2 aliphatic rings. The van der Waals surface area contributed by atoms with Gasteiger partial charge in [0.15, 0.2) is 0 Å². The topological polar surface area (TPSA) is 55.9 Å². The Labute approximate surface area is 172 Å². The molecule has 1 aromatic rings. The summed E-state index contributed by atoms with van der Waals surface area (Å²) in [4.78, 5) is 31.3. The van der Waals surface area contributed by atoms with Gasteiger partial charge >= 0.3 is 0 Å². The van der Waals surface area contributed by atoms with Crippen LogP contribution in [0.15, 0.2) is 24.3 Å². The van der Waals surface area contributed by atoms with Gasteiger partial charge in [0.1, 0.15) is 0 Å². The molecule has 2 amide bonds. The molecule has 3 rings (SSSR count). The van der Waals surface area contributed by atoms with Crippen LogP contribution < -0.4 is 5.32 Å². The summed E-state index contributed by atoms with van der Waals surface area (Å²) in [6.45, 7) is 8.04. The highest BCUT2D eigenvalue weighted by molar-refractivity contribution is 6.30. The molecule has 28 heavy (non-hydrogen) atoms. The fourth-order valence-electron chi connectivity index (χ4n) is 3.85. The Morgan fingerprint density at radius 1 is 1.00 bits per heavy atom. The van der Waals surface area contributed by atoms with Gasteiger partial charge in [0, 0.05) is 50.8 Å². The Hall–Kier alpha value is -1.63. The summed E-state index contributed by atoms with van der Waals surface area (Å²) < 4.78 is 0. The van der Waals surface area contributed by atoms with Crippen LogP contribution in [0.25, 0.3) is 0 Å². The highest BCUT2D eigenvalue weighted by Gasteiger charge is 2.27. The largest absolute Gasteiger partial charge is 0.351 e. The number of piperazine rings is 1. The molecular weight excluding hydrogens is 376 g/mol. The minimum Gasteiger partial charge on any atom is -0.351 e. The van der Waals surface area contributed by atoms with Crippen LogP contribution in [0.5, 0.6) is 0 Å².